The quantitative estimate of drug-likeness (QED) is 0.694. The number of aromatic nitrogens is 3. The van der Waals surface area contributed by atoms with Gasteiger partial charge in [-0.15, -0.1) is 10.2 Å². The molecule has 26 heavy (non-hydrogen) atoms. The van der Waals surface area contributed by atoms with E-state index >= 15 is 0 Å². The van der Waals surface area contributed by atoms with Gasteiger partial charge >= 0.3 is 0 Å². The molecule has 1 aromatic heterocycles. The van der Waals surface area contributed by atoms with Crippen molar-refractivity contribution in [2.45, 2.75) is 37.8 Å². The van der Waals surface area contributed by atoms with Crippen molar-refractivity contribution < 1.29 is 9.53 Å². The molecule has 3 rings (SSSR count). The number of thioether (sulfide) groups is 1. The number of allylic oxidation sites excluding steroid dienone is 2. The molecule has 0 fully saturated rings. The van der Waals surface area contributed by atoms with Crippen molar-refractivity contribution in [3.63, 3.8) is 0 Å². The lowest BCUT2D eigenvalue weighted by Crippen LogP contribution is -2.32. The second kappa shape index (κ2) is 8.89. The van der Waals surface area contributed by atoms with E-state index in [1.807, 2.05) is 40.7 Å². The highest BCUT2D eigenvalue weighted by atomic mass is 32.2. The van der Waals surface area contributed by atoms with Crippen LogP contribution in [0.5, 0.6) is 5.75 Å². The molecule has 0 N–H and O–H groups in total. The minimum atomic E-state index is 0.117. The normalized spacial score (nSPS) is 14.0. The first-order chi connectivity index (χ1) is 12.7. The summed E-state index contributed by atoms with van der Waals surface area (Å²) in [7, 11) is 1.64. The van der Waals surface area contributed by atoms with Gasteiger partial charge in [-0.25, -0.2) is 0 Å². The Morgan fingerprint density at radius 3 is 3.00 bits per heavy atom. The molecule has 1 aromatic carbocycles. The Hall–Kier alpha value is -2.28. The number of hydrogen-bond acceptors (Lipinski definition) is 5. The second-order valence-electron chi connectivity index (χ2n) is 6.05. The number of ether oxygens (including phenoxy) is 1. The maximum atomic E-state index is 12.7. The van der Waals surface area contributed by atoms with E-state index in [0.717, 1.165) is 30.7 Å². The predicted octanol–water partition coefficient (Wildman–Crippen LogP) is 3.67. The van der Waals surface area contributed by atoms with Gasteiger partial charge in [0, 0.05) is 18.3 Å². The van der Waals surface area contributed by atoms with Crippen LogP contribution in [0.2, 0.25) is 0 Å². The number of benzene rings is 1. The van der Waals surface area contributed by atoms with Gasteiger partial charge in [-0.1, -0.05) is 23.9 Å². The summed E-state index contributed by atoms with van der Waals surface area (Å²) in [4.78, 5) is 14.6. The van der Waals surface area contributed by atoms with Crippen LogP contribution in [0.3, 0.4) is 0 Å². The summed E-state index contributed by atoms with van der Waals surface area (Å²) in [5.41, 5.74) is 2.07. The standard InChI is InChI=1S/C19H24N4O2S/c1-3-22(15-8-5-4-6-9-15)18(24)13-26-19-21-20-14-23(19)16-10-7-11-17(12-16)25-2/h7-8,10-12,14H,3-6,9,13H2,1-2H3. The number of methoxy groups -OCH3 is 1. The minimum absolute atomic E-state index is 0.117. The van der Waals surface area contributed by atoms with Gasteiger partial charge in [0.25, 0.3) is 0 Å². The maximum Gasteiger partial charge on any atom is 0.237 e. The van der Waals surface area contributed by atoms with Crippen LogP contribution in [0.1, 0.15) is 32.6 Å². The van der Waals surface area contributed by atoms with E-state index in [-0.39, 0.29) is 5.91 Å². The van der Waals surface area contributed by atoms with Crippen LogP contribution in [0.25, 0.3) is 5.69 Å². The average molecular weight is 372 g/mol. The molecular formula is C19H24N4O2S. The molecule has 1 aliphatic carbocycles. The zero-order chi connectivity index (χ0) is 18.4. The number of rotatable bonds is 7. The highest BCUT2D eigenvalue weighted by molar-refractivity contribution is 7.99. The summed E-state index contributed by atoms with van der Waals surface area (Å²) in [5, 5.41) is 8.86. The smallest absolute Gasteiger partial charge is 0.237 e. The Morgan fingerprint density at radius 1 is 1.38 bits per heavy atom. The first-order valence-corrected chi connectivity index (χ1v) is 9.88. The van der Waals surface area contributed by atoms with Crippen molar-refractivity contribution in [1.82, 2.24) is 19.7 Å². The third-order valence-electron chi connectivity index (χ3n) is 4.40. The Kier molecular flexibility index (Phi) is 6.33. The van der Waals surface area contributed by atoms with Crippen LogP contribution in [0.15, 0.2) is 47.5 Å². The zero-order valence-corrected chi connectivity index (χ0v) is 16.0. The fourth-order valence-corrected chi connectivity index (χ4v) is 3.88. The van der Waals surface area contributed by atoms with Crippen LogP contribution < -0.4 is 4.74 Å². The molecule has 0 unspecified atom stereocenters. The van der Waals surface area contributed by atoms with E-state index < -0.39 is 0 Å². The van der Waals surface area contributed by atoms with E-state index in [1.165, 1.54) is 23.9 Å². The zero-order valence-electron chi connectivity index (χ0n) is 15.2. The third-order valence-corrected chi connectivity index (χ3v) is 5.33. The van der Waals surface area contributed by atoms with Crippen LogP contribution in [-0.2, 0) is 4.79 Å². The molecule has 138 valence electrons. The van der Waals surface area contributed by atoms with Gasteiger partial charge in [0.15, 0.2) is 5.16 Å². The Morgan fingerprint density at radius 2 is 2.27 bits per heavy atom. The molecule has 0 atom stereocenters. The van der Waals surface area contributed by atoms with Gasteiger partial charge in [-0.3, -0.25) is 9.36 Å². The topological polar surface area (TPSA) is 60.2 Å². The van der Waals surface area contributed by atoms with Gasteiger partial charge in [0.1, 0.15) is 12.1 Å². The predicted molar refractivity (Wildman–Crippen MR) is 103 cm³/mol. The number of nitrogens with zero attached hydrogens (tertiary/aromatic N) is 4. The van der Waals surface area contributed by atoms with Gasteiger partial charge in [0.2, 0.25) is 5.91 Å². The van der Waals surface area contributed by atoms with Gasteiger partial charge in [-0.05, 0) is 44.7 Å². The lowest BCUT2D eigenvalue weighted by molar-refractivity contribution is -0.126. The monoisotopic (exact) mass is 372 g/mol. The number of carbonyl (C=O) groups excluding carboxylic acids is 1. The largest absolute Gasteiger partial charge is 0.497 e. The lowest BCUT2D eigenvalue weighted by atomic mass is 10.0. The molecule has 7 heteroatoms. The van der Waals surface area contributed by atoms with E-state index in [4.69, 9.17) is 4.74 Å². The Bertz CT molecular complexity index is 787. The number of hydrogen-bond donors (Lipinski definition) is 0. The molecule has 6 nitrogen and oxygen atoms in total. The molecule has 0 saturated heterocycles. The molecule has 0 bridgehead atoms. The fourth-order valence-electron chi connectivity index (χ4n) is 3.07. The van der Waals surface area contributed by atoms with E-state index in [2.05, 4.69) is 16.3 Å². The highest BCUT2D eigenvalue weighted by Crippen LogP contribution is 2.25. The highest BCUT2D eigenvalue weighted by Gasteiger charge is 2.19. The fraction of sp³-hybridized carbons (Fsp3) is 0.421. The van der Waals surface area contributed by atoms with Crippen molar-refractivity contribution in [2.24, 2.45) is 0 Å². The summed E-state index contributed by atoms with van der Waals surface area (Å²) in [6.45, 7) is 2.73. The Balaban J connectivity index is 1.69. The summed E-state index contributed by atoms with van der Waals surface area (Å²) >= 11 is 1.41. The summed E-state index contributed by atoms with van der Waals surface area (Å²) in [5.74, 6) is 1.23. The third kappa shape index (κ3) is 4.27. The van der Waals surface area contributed by atoms with Crippen molar-refractivity contribution in [1.29, 1.82) is 0 Å². The number of amides is 1. The summed E-state index contributed by atoms with van der Waals surface area (Å²) < 4.78 is 7.15. The molecule has 0 radical (unpaired) electrons. The van der Waals surface area contributed by atoms with E-state index in [9.17, 15) is 4.79 Å². The minimum Gasteiger partial charge on any atom is -0.497 e. The number of carbonyl (C=O) groups is 1. The van der Waals surface area contributed by atoms with E-state index in [0.29, 0.717) is 17.5 Å². The lowest BCUT2D eigenvalue weighted by Gasteiger charge is -2.26. The van der Waals surface area contributed by atoms with E-state index in [1.54, 1.807) is 13.4 Å². The van der Waals surface area contributed by atoms with Crippen molar-refractivity contribution in [2.75, 3.05) is 19.4 Å². The van der Waals surface area contributed by atoms with Crippen molar-refractivity contribution in [3.05, 3.63) is 42.4 Å². The first kappa shape index (κ1) is 18.5. The summed E-state index contributed by atoms with van der Waals surface area (Å²) in [6.07, 6.45) is 8.29. The molecule has 1 amide bonds. The molecule has 1 aliphatic rings. The van der Waals surface area contributed by atoms with Crippen LogP contribution >= 0.6 is 11.8 Å². The Labute approximate surface area is 158 Å². The van der Waals surface area contributed by atoms with Crippen LogP contribution in [0.4, 0.5) is 0 Å². The van der Waals surface area contributed by atoms with Crippen molar-refractivity contribution in [3.8, 4) is 11.4 Å². The molecule has 2 aromatic rings. The van der Waals surface area contributed by atoms with Crippen LogP contribution in [-0.4, -0.2) is 45.0 Å². The first-order valence-electron chi connectivity index (χ1n) is 8.89. The van der Waals surface area contributed by atoms with Crippen LogP contribution in [0, 0.1) is 0 Å². The molecule has 0 saturated carbocycles. The average Bonchev–Trinajstić information content (AvgIpc) is 3.16. The van der Waals surface area contributed by atoms with Gasteiger partial charge in [-0.2, -0.15) is 0 Å². The maximum absolute atomic E-state index is 12.7. The van der Waals surface area contributed by atoms with Gasteiger partial charge in [0.05, 0.1) is 18.6 Å². The van der Waals surface area contributed by atoms with Gasteiger partial charge < -0.3 is 9.64 Å². The molecule has 0 spiro atoms. The second-order valence-corrected chi connectivity index (χ2v) is 7.00. The van der Waals surface area contributed by atoms with Crippen molar-refractivity contribution >= 4 is 17.7 Å². The molecular weight excluding hydrogens is 348 g/mol. The summed E-state index contributed by atoms with van der Waals surface area (Å²) in [6, 6.07) is 7.69. The molecule has 1 heterocycles. The SMILES string of the molecule is CCN(C(=O)CSc1nncn1-c1cccc(OC)c1)C1=CCCCC1. The molecule has 0 aliphatic heterocycles.